The van der Waals surface area contributed by atoms with E-state index in [9.17, 15) is 14.4 Å². The maximum absolute atomic E-state index is 11.8. The first-order chi connectivity index (χ1) is 18.3. The van der Waals surface area contributed by atoms with E-state index in [0.29, 0.717) is 36.6 Å². The number of allylic oxidation sites excluding steroid dienone is 2. The van der Waals surface area contributed by atoms with Crippen LogP contribution in [0.1, 0.15) is 86.6 Å². The van der Waals surface area contributed by atoms with Gasteiger partial charge in [0.15, 0.2) is 11.6 Å². The second-order valence-electron chi connectivity index (χ2n) is 9.39. The Kier molecular flexibility index (Phi) is 18.7. The molecule has 5 nitrogen and oxygen atoms in total. The minimum atomic E-state index is -0.716. The van der Waals surface area contributed by atoms with E-state index in [-0.39, 0.29) is 17.5 Å². The highest BCUT2D eigenvalue weighted by Crippen LogP contribution is 2.25. The lowest BCUT2D eigenvalue weighted by Crippen LogP contribution is -2.30. The molecule has 0 atom stereocenters. The van der Waals surface area contributed by atoms with E-state index in [0.717, 1.165) is 27.8 Å². The number of ketones is 2. The summed E-state index contributed by atoms with van der Waals surface area (Å²) in [6.07, 6.45) is 2.40. The van der Waals surface area contributed by atoms with E-state index in [2.05, 4.69) is 15.9 Å². The van der Waals surface area contributed by atoms with Gasteiger partial charge in [-0.05, 0) is 70.7 Å². The SMILES string of the molecule is COC(=O)C(C)(C)c1ccc(C(=O)CCCCl)cc1.COC(C)=C(C)C.O=C(CCCCl)c1ccc(Br)cc1. The minimum absolute atomic E-state index is 0.0723. The van der Waals surface area contributed by atoms with Gasteiger partial charge in [0.25, 0.3) is 0 Å². The van der Waals surface area contributed by atoms with Gasteiger partial charge in [-0.1, -0.05) is 52.3 Å². The van der Waals surface area contributed by atoms with Gasteiger partial charge in [0.05, 0.1) is 25.4 Å². The lowest BCUT2D eigenvalue weighted by molar-refractivity contribution is -0.146. The van der Waals surface area contributed by atoms with Crippen LogP contribution in [0.15, 0.2) is 64.3 Å². The summed E-state index contributed by atoms with van der Waals surface area (Å²) in [4.78, 5) is 34.9. The molecule has 0 aromatic heterocycles. The highest BCUT2D eigenvalue weighted by atomic mass is 79.9. The van der Waals surface area contributed by atoms with E-state index < -0.39 is 5.41 Å². The number of Topliss-reactive ketones (excluding diaryl/α,β-unsaturated/α-hetero) is 2. The van der Waals surface area contributed by atoms with Crippen molar-refractivity contribution in [1.29, 1.82) is 0 Å². The number of ether oxygens (including phenoxy) is 2. The lowest BCUT2D eigenvalue weighted by Gasteiger charge is -2.22. The summed E-state index contributed by atoms with van der Waals surface area (Å²) in [5.74, 6) is 1.98. The number of hydrogen-bond donors (Lipinski definition) is 0. The van der Waals surface area contributed by atoms with Gasteiger partial charge in [-0.2, -0.15) is 0 Å². The zero-order valence-corrected chi connectivity index (χ0v) is 27.1. The fourth-order valence-corrected chi connectivity index (χ4v) is 3.56. The molecule has 0 radical (unpaired) electrons. The van der Waals surface area contributed by atoms with Crippen LogP contribution in [0.4, 0.5) is 0 Å². The molecular weight excluding hydrogens is 603 g/mol. The summed E-state index contributed by atoms with van der Waals surface area (Å²) >= 11 is 14.4. The molecule has 0 aliphatic rings. The van der Waals surface area contributed by atoms with Crippen molar-refractivity contribution in [2.75, 3.05) is 26.0 Å². The first kappa shape index (κ1) is 36.8. The van der Waals surface area contributed by atoms with Crippen LogP contribution in [-0.4, -0.2) is 43.5 Å². The molecule has 0 saturated heterocycles. The summed E-state index contributed by atoms with van der Waals surface area (Å²) < 4.78 is 10.7. The average molecular weight is 644 g/mol. The summed E-state index contributed by atoms with van der Waals surface area (Å²) in [7, 11) is 3.05. The molecule has 0 N–H and O–H groups in total. The molecule has 0 spiro atoms. The molecule has 0 saturated carbocycles. The number of esters is 1. The summed E-state index contributed by atoms with van der Waals surface area (Å²) in [6, 6.07) is 14.5. The van der Waals surface area contributed by atoms with E-state index in [1.165, 1.54) is 12.7 Å². The van der Waals surface area contributed by atoms with Gasteiger partial charge in [0.1, 0.15) is 0 Å². The second kappa shape index (κ2) is 19.8. The van der Waals surface area contributed by atoms with Crippen molar-refractivity contribution < 1.29 is 23.9 Å². The Labute approximate surface area is 252 Å². The van der Waals surface area contributed by atoms with Crippen molar-refractivity contribution in [3.8, 4) is 0 Å². The third-order valence-corrected chi connectivity index (χ3v) is 6.94. The monoisotopic (exact) mass is 642 g/mol. The van der Waals surface area contributed by atoms with Gasteiger partial charge in [-0.25, -0.2) is 0 Å². The van der Waals surface area contributed by atoms with Crippen LogP contribution in [-0.2, 0) is 19.7 Å². The largest absolute Gasteiger partial charge is 0.501 e. The molecule has 0 fully saturated rings. The first-order valence-electron chi connectivity index (χ1n) is 12.7. The van der Waals surface area contributed by atoms with Crippen LogP contribution >= 0.6 is 39.1 Å². The number of carbonyl (C=O) groups excluding carboxylic acids is 3. The molecule has 2 aromatic carbocycles. The number of halogens is 3. The van der Waals surface area contributed by atoms with Crippen LogP contribution in [0, 0.1) is 0 Å². The molecule has 0 aliphatic heterocycles. The molecule has 0 bridgehead atoms. The van der Waals surface area contributed by atoms with Gasteiger partial charge < -0.3 is 9.47 Å². The van der Waals surface area contributed by atoms with E-state index in [1.807, 2.05) is 45.0 Å². The van der Waals surface area contributed by atoms with Crippen molar-refractivity contribution in [3.05, 3.63) is 81.0 Å². The van der Waals surface area contributed by atoms with Crippen molar-refractivity contribution in [1.82, 2.24) is 0 Å². The summed E-state index contributed by atoms with van der Waals surface area (Å²) in [6.45, 7) is 9.60. The van der Waals surface area contributed by atoms with Crippen LogP contribution in [0.5, 0.6) is 0 Å². The van der Waals surface area contributed by atoms with Gasteiger partial charge >= 0.3 is 5.97 Å². The normalized spacial score (nSPS) is 10.2. The molecule has 8 heteroatoms. The predicted molar refractivity (Wildman–Crippen MR) is 165 cm³/mol. The molecule has 0 amide bonds. The average Bonchev–Trinajstić information content (AvgIpc) is 2.94. The Balaban J connectivity index is 0.000000622. The van der Waals surface area contributed by atoms with Crippen LogP contribution in [0.3, 0.4) is 0 Å². The number of hydrogen-bond acceptors (Lipinski definition) is 5. The number of rotatable bonds is 11. The molecule has 216 valence electrons. The van der Waals surface area contributed by atoms with E-state index in [4.69, 9.17) is 32.7 Å². The summed E-state index contributed by atoms with van der Waals surface area (Å²) in [5.41, 5.74) is 2.76. The quantitative estimate of drug-likeness (QED) is 0.106. The Hall–Kier alpha value is -2.15. The third-order valence-electron chi connectivity index (χ3n) is 5.88. The minimum Gasteiger partial charge on any atom is -0.501 e. The van der Waals surface area contributed by atoms with Crippen molar-refractivity contribution in [3.63, 3.8) is 0 Å². The Bertz CT molecular complexity index is 1060. The second-order valence-corrected chi connectivity index (χ2v) is 11.1. The Morgan fingerprint density at radius 1 is 0.744 bits per heavy atom. The first-order valence-corrected chi connectivity index (χ1v) is 14.5. The standard InChI is InChI=1S/C15H19ClO3.C10H10BrClO.C6H12O/c1-15(2,14(18)19-3)12-8-6-11(7-9-12)13(17)5-4-10-16;11-9-5-3-8(4-6-9)10(13)2-1-7-12;1-5(2)6(3)7-4/h6-9H,4-5,10H2,1-3H3;3-6H,1-2,7H2;1-4H3. The van der Waals surface area contributed by atoms with Gasteiger partial charge in [-0.15, -0.1) is 23.2 Å². The molecule has 2 aromatic rings. The highest BCUT2D eigenvalue weighted by Gasteiger charge is 2.30. The number of benzene rings is 2. The molecule has 39 heavy (non-hydrogen) atoms. The van der Waals surface area contributed by atoms with Crippen LogP contribution in [0.25, 0.3) is 0 Å². The maximum atomic E-state index is 11.8. The van der Waals surface area contributed by atoms with E-state index >= 15 is 0 Å². The van der Waals surface area contributed by atoms with Gasteiger partial charge in [0.2, 0.25) is 0 Å². The number of methoxy groups -OCH3 is 2. The summed E-state index contributed by atoms with van der Waals surface area (Å²) in [5, 5.41) is 0. The fourth-order valence-electron chi connectivity index (χ4n) is 3.03. The molecule has 0 unspecified atom stereocenters. The van der Waals surface area contributed by atoms with Crippen molar-refractivity contribution >= 4 is 56.7 Å². The zero-order chi connectivity index (χ0) is 30.0. The number of carbonyl (C=O) groups is 3. The molecular formula is C31H41BrCl2O5. The lowest BCUT2D eigenvalue weighted by atomic mass is 9.84. The maximum Gasteiger partial charge on any atom is 0.315 e. The predicted octanol–water partition coefficient (Wildman–Crippen LogP) is 8.94. The van der Waals surface area contributed by atoms with Crippen LogP contribution < -0.4 is 0 Å². The fraction of sp³-hybridized carbons (Fsp3) is 0.452. The van der Waals surface area contributed by atoms with Gasteiger partial charge in [-0.3, -0.25) is 14.4 Å². The van der Waals surface area contributed by atoms with Crippen LogP contribution in [0.2, 0.25) is 0 Å². The third kappa shape index (κ3) is 14.2. The highest BCUT2D eigenvalue weighted by molar-refractivity contribution is 9.10. The Morgan fingerprint density at radius 2 is 1.15 bits per heavy atom. The van der Waals surface area contributed by atoms with Crippen molar-refractivity contribution in [2.45, 2.75) is 65.7 Å². The Morgan fingerprint density at radius 3 is 1.46 bits per heavy atom. The molecule has 0 heterocycles. The topological polar surface area (TPSA) is 69.7 Å². The number of alkyl halides is 2. The molecule has 2 rings (SSSR count). The van der Waals surface area contributed by atoms with E-state index in [1.54, 1.807) is 45.2 Å². The zero-order valence-electron chi connectivity index (χ0n) is 24.0. The smallest absolute Gasteiger partial charge is 0.315 e. The van der Waals surface area contributed by atoms with Crippen molar-refractivity contribution in [2.24, 2.45) is 0 Å². The van der Waals surface area contributed by atoms with Gasteiger partial charge in [0, 0.05) is 40.2 Å². The molecule has 0 aliphatic carbocycles.